The molecule has 1 aliphatic rings. The molecule has 104 valence electrons. The first-order chi connectivity index (χ1) is 9.31. The number of ketones is 1. The van der Waals surface area contributed by atoms with Gasteiger partial charge in [0.15, 0.2) is 0 Å². The van der Waals surface area contributed by atoms with E-state index >= 15 is 0 Å². The zero-order valence-electron chi connectivity index (χ0n) is 11.8. The van der Waals surface area contributed by atoms with E-state index in [4.69, 9.17) is 0 Å². The Morgan fingerprint density at radius 3 is 2.79 bits per heavy atom. The van der Waals surface area contributed by atoms with Crippen molar-refractivity contribution in [3.05, 3.63) is 30.3 Å². The molecule has 0 aliphatic heterocycles. The molecule has 0 N–H and O–H groups in total. The molecule has 1 fully saturated rings. The smallest absolute Gasteiger partial charge is 0.136 e. The second-order valence-electron chi connectivity index (χ2n) is 5.48. The number of carbonyl (C=O) groups is 1. The highest BCUT2D eigenvalue weighted by atomic mass is 32.2. The summed E-state index contributed by atoms with van der Waals surface area (Å²) in [6, 6.07) is 10.5. The Hall–Kier alpha value is -0.760. The second kappa shape index (κ2) is 7.74. The summed E-state index contributed by atoms with van der Waals surface area (Å²) in [6.45, 7) is 2.19. The summed E-state index contributed by atoms with van der Waals surface area (Å²) in [7, 11) is 0. The average Bonchev–Trinajstić information content (AvgIpc) is 3.20. The largest absolute Gasteiger partial charge is 0.299 e. The fraction of sp³-hybridized carbons (Fsp3) is 0.588. The molecule has 1 aromatic carbocycles. The van der Waals surface area contributed by atoms with Crippen LogP contribution in [0.15, 0.2) is 35.2 Å². The van der Waals surface area contributed by atoms with Gasteiger partial charge in [0.05, 0.1) is 0 Å². The molecule has 2 rings (SSSR count). The molecule has 0 bridgehead atoms. The minimum absolute atomic E-state index is 0.410. The van der Waals surface area contributed by atoms with E-state index in [1.807, 2.05) is 11.8 Å². The third kappa shape index (κ3) is 5.02. The summed E-state index contributed by atoms with van der Waals surface area (Å²) >= 11 is 1.91. The third-order valence-electron chi connectivity index (χ3n) is 3.86. The minimum Gasteiger partial charge on any atom is -0.299 e. The van der Waals surface area contributed by atoms with E-state index in [1.54, 1.807) is 0 Å². The van der Waals surface area contributed by atoms with Gasteiger partial charge in [0.1, 0.15) is 5.78 Å². The van der Waals surface area contributed by atoms with E-state index in [1.165, 1.54) is 24.2 Å². The second-order valence-corrected chi connectivity index (χ2v) is 6.64. The summed E-state index contributed by atoms with van der Waals surface area (Å²) in [6.07, 6.45) is 6.67. The van der Waals surface area contributed by atoms with Gasteiger partial charge in [-0.1, -0.05) is 38.0 Å². The fourth-order valence-electron chi connectivity index (χ4n) is 2.54. The number of benzene rings is 1. The van der Waals surface area contributed by atoms with Gasteiger partial charge in [-0.15, -0.1) is 11.8 Å². The van der Waals surface area contributed by atoms with Crippen molar-refractivity contribution >= 4 is 17.5 Å². The lowest BCUT2D eigenvalue weighted by atomic mass is 10.1. The highest BCUT2D eigenvalue weighted by molar-refractivity contribution is 7.99. The quantitative estimate of drug-likeness (QED) is 0.468. The SMILES string of the molecule is CCCCCC(=O)C1CC1CCSc1ccccc1. The first kappa shape index (κ1) is 14.6. The number of rotatable bonds is 9. The van der Waals surface area contributed by atoms with Crippen LogP contribution in [0, 0.1) is 11.8 Å². The lowest BCUT2D eigenvalue weighted by Crippen LogP contribution is -2.02. The topological polar surface area (TPSA) is 17.1 Å². The molecule has 1 nitrogen and oxygen atoms in total. The van der Waals surface area contributed by atoms with Crippen molar-refractivity contribution in [2.45, 2.75) is 50.3 Å². The van der Waals surface area contributed by atoms with Crippen LogP contribution in [0.5, 0.6) is 0 Å². The molecule has 2 atom stereocenters. The van der Waals surface area contributed by atoms with Crippen molar-refractivity contribution in [1.29, 1.82) is 0 Å². The maximum absolute atomic E-state index is 11.9. The lowest BCUT2D eigenvalue weighted by Gasteiger charge is -2.02. The van der Waals surface area contributed by atoms with Crippen molar-refractivity contribution in [3.63, 3.8) is 0 Å². The van der Waals surface area contributed by atoms with Crippen molar-refractivity contribution in [1.82, 2.24) is 0 Å². The summed E-state index contributed by atoms with van der Waals surface area (Å²) in [4.78, 5) is 13.3. The van der Waals surface area contributed by atoms with Crippen molar-refractivity contribution in [3.8, 4) is 0 Å². The Kier molecular flexibility index (Phi) is 5.96. The molecule has 2 heteroatoms. The third-order valence-corrected chi connectivity index (χ3v) is 4.91. The van der Waals surface area contributed by atoms with E-state index in [2.05, 4.69) is 37.3 Å². The first-order valence-electron chi connectivity index (χ1n) is 7.52. The van der Waals surface area contributed by atoms with Crippen LogP contribution in [0.4, 0.5) is 0 Å². The van der Waals surface area contributed by atoms with Gasteiger partial charge in [0, 0.05) is 17.2 Å². The van der Waals surface area contributed by atoms with Gasteiger partial charge in [0.2, 0.25) is 0 Å². The molecule has 0 saturated heterocycles. The molecule has 2 unspecified atom stereocenters. The maximum atomic E-state index is 11.9. The molecule has 0 amide bonds. The number of thioether (sulfide) groups is 1. The summed E-state index contributed by atoms with van der Waals surface area (Å²) in [5.74, 6) is 2.77. The van der Waals surface area contributed by atoms with Gasteiger partial charge < -0.3 is 0 Å². The van der Waals surface area contributed by atoms with Crippen LogP contribution >= 0.6 is 11.8 Å². The molecule has 1 aliphatic carbocycles. The van der Waals surface area contributed by atoms with Crippen LogP contribution < -0.4 is 0 Å². The van der Waals surface area contributed by atoms with Crippen LogP contribution in [0.1, 0.15) is 45.4 Å². The van der Waals surface area contributed by atoms with E-state index in [9.17, 15) is 4.79 Å². The highest BCUT2D eigenvalue weighted by Crippen LogP contribution is 2.43. The molecule has 0 radical (unpaired) electrons. The van der Waals surface area contributed by atoms with Crippen LogP contribution in [0.3, 0.4) is 0 Å². The zero-order chi connectivity index (χ0) is 13.5. The van der Waals surface area contributed by atoms with E-state index in [-0.39, 0.29) is 0 Å². The molecule has 1 aromatic rings. The molecule has 0 heterocycles. The summed E-state index contributed by atoms with van der Waals surface area (Å²) in [5, 5.41) is 0. The number of hydrogen-bond acceptors (Lipinski definition) is 2. The molecule has 19 heavy (non-hydrogen) atoms. The number of carbonyl (C=O) groups excluding carboxylic acids is 1. The van der Waals surface area contributed by atoms with E-state index in [0.717, 1.165) is 25.0 Å². The number of hydrogen-bond donors (Lipinski definition) is 0. The van der Waals surface area contributed by atoms with Crippen LogP contribution in [-0.4, -0.2) is 11.5 Å². The Bertz CT molecular complexity index is 388. The molecule has 1 saturated carbocycles. The van der Waals surface area contributed by atoms with Gasteiger partial charge >= 0.3 is 0 Å². The Morgan fingerprint density at radius 2 is 2.05 bits per heavy atom. The number of Topliss-reactive ketones (excluding diaryl/α,β-unsaturated/α-hetero) is 1. The van der Waals surface area contributed by atoms with Crippen LogP contribution in [-0.2, 0) is 4.79 Å². The molecule has 0 aromatic heterocycles. The van der Waals surface area contributed by atoms with E-state index in [0.29, 0.717) is 17.6 Å². The summed E-state index contributed by atoms with van der Waals surface area (Å²) < 4.78 is 0. The monoisotopic (exact) mass is 276 g/mol. The van der Waals surface area contributed by atoms with Gasteiger partial charge in [0.25, 0.3) is 0 Å². The van der Waals surface area contributed by atoms with E-state index < -0.39 is 0 Å². The van der Waals surface area contributed by atoms with Gasteiger partial charge in [-0.3, -0.25) is 4.79 Å². The normalized spacial score (nSPS) is 21.3. The van der Waals surface area contributed by atoms with Crippen molar-refractivity contribution in [2.75, 3.05) is 5.75 Å². The predicted octanol–water partition coefficient (Wildman–Crippen LogP) is 4.95. The van der Waals surface area contributed by atoms with Crippen molar-refractivity contribution < 1.29 is 4.79 Å². The summed E-state index contributed by atoms with van der Waals surface area (Å²) in [5.41, 5.74) is 0. The Morgan fingerprint density at radius 1 is 1.26 bits per heavy atom. The fourth-order valence-corrected chi connectivity index (χ4v) is 3.55. The van der Waals surface area contributed by atoms with Crippen molar-refractivity contribution in [2.24, 2.45) is 11.8 Å². The number of unbranched alkanes of at least 4 members (excludes halogenated alkanes) is 2. The standard InChI is InChI=1S/C17H24OS/c1-2-3-5-10-17(18)16-13-14(16)11-12-19-15-8-6-4-7-9-15/h4,6-9,14,16H,2-3,5,10-13H2,1H3. The predicted molar refractivity (Wildman–Crippen MR) is 82.5 cm³/mol. The Labute approximate surface area is 121 Å². The Balaban J connectivity index is 1.58. The highest BCUT2D eigenvalue weighted by Gasteiger charge is 2.41. The molecule has 0 spiro atoms. The molecular weight excluding hydrogens is 252 g/mol. The first-order valence-corrected chi connectivity index (χ1v) is 8.50. The molecular formula is C17H24OS. The van der Waals surface area contributed by atoms with Gasteiger partial charge in [-0.05, 0) is 43.1 Å². The average molecular weight is 276 g/mol. The van der Waals surface area contributed by atoms with Crippen LogP contribution in [0.25, 0.3) is 0 Å². The van der Waals surface area contributed by atoms with Crippen LogP contribution in [0.2, 0.25) is 0 Å². The minimum atomic E-state index is 0.410. The lowest BCUT2D eigenvalue weighted by molar-refractivity contribution is -0.120. The van der Waals surface area contributed by atoms with Gasteiger partial charge in [-0.2, -0.15) is 0 Å². The maximum Gasteiger partial charge on any atom is 0.136 e. The zero-order valence-corrected chi connectivity index (χ0v) is 12.6. The van der Waals surface area contributed by atoms with Gasteiger partial charge in [-0.25, -0.2) is 0 Å².